The van der Waals surface area contributed by atoms with Gasteiger partial charge in [-0.25, -0.2) is 4.63 Å². The van der Waals surface area contributed by atoms with Crippen LogP contribution in [0, 0.1) is 6.92 Å². The van der Waals surface area contributed by atoms with Gasteiger partial charge in [-0.1, -0.05) is 10.3 Å². The number of nitrogens with one attached hydrogen (secondary N) is 1. The van der Waals surface area contributed by atoms with E-state index in [1.165, 1.54) is 38.8 Å². The second-order valence-electron chi connectivity index (χ2n) is 5.23. The minimum atomic E-state index is 0.630. The number of hydrogen-bond donors (Lipinski definition) is 1. The Labute approximate surface area is 102 Å². The van der Waals surface area contributed by atoms with E-state index in [0.29, 0.717) is 6.04 Å². The Morgan fingerprint density at radius 3 is 3.12 bits per heavy atom. The molecule has 5 nitrogen and oxygen atoms in total. The molecule has 2 aliphatic rings. The fourth-order valence-corrected chi connectivity index (χ4v) is 3.06. The molecule has 2 unspecified atom stereocenters. The minimum absolute atomic E-state index is 0.630. The molecule has 0 spiro atoms. The van der Waals surface area contributed by atoms with E-state index < -0.39 is 0 Å². The lowest BCUT2D eigenvalue weighted by molar-refractivity contribution is 0.166. The van der Waals surface area contributed by atoms with Gasteiger partial charge >= 0.3 is 0 Å². The lowest BCUT2D eigenvalue weighted by atomic mass is 9.97. The molecule has 0 aromatic carbocycles. The summed E-state index contributed by atoms with van der Waals surface area (Å²) in [6.07, 6.45) is 5.29. The SMILES string of the molecule is Cc1nonc1CNC1CCN2CCCC2C1. The van der Waals surface area contributed by atoms with Crippen molar-refractivity contribution in [1.29, 1.82) is 0 Å². The van der Waals surface area contributed by atoms with Crippen LogP contribution in [0.2, 0.25) is 0 Å². The van der Waals surface area contributed by atoms with Gasteiger partial charge in [-0.2, -0.15) is 0 Å². The smallest absolute Gasteiger partial charge is 0.121 e. The van der Waals surface area contributed by atoms with Crippen LogP contribution >= 0.6 is 0 Å². The van der Waals surface area contributed by atoms with Crippen molar-refractivity contribution >= 4 is 0 Å². The molecule has 2 saturated heterocycles. The molecule has 3 rings (SSSR count). The minimum Gasteiger partial charge on any atom is -0.308 e. The summed E-state index contributed by atoms with van der Waals surface area (Å²) in [7, 11) is 0. The fourth-order valence-electron chi connectivity index (χ4n) is 3.06. The molecule has 5 heteroatoms. The highest BCUT2D eigenvalue weighted by atomic mass is 16.6. The zero-order valence-electron chi connectivity index (χ0n) is 10.4. The Hall–Kier alpha value is -0.940. The second kappa shape index (κ2) is 4.74. The molecular formula is C12H20N4O. The van der Waals surface area contributed by atoms with E-state index in [1.807, 2.05) is 6.92 Å². The average molecular weight is 236 g/mol. The molecule has 17 heavy (non-hydrogen) atoms. The molecule has 0 amide bonds. The molecule has 1 aromatic heterocycles. The summed E-state index contributed by atoms with van der Waals surface area (Å²) in [5.74, 6) is 0. The molecule has 0 aliphatic carbocycles. The number of nitrogens with zero attached hydrogens (tertiary/aromatic N) is 3. The van der Waals surface area contributed by atoms with Crippen molar-refractivity contribution in [3.8, 4) is 0 Å². The summed E-state index contributed by atoms with van der Waals surface area (Å²) >= 11 is 0. The Kier molecular flexibility index (Phi) is 3.11. The van der Waals surface area contributed by atoms with E-state index >= 15 is 0 Å². The Morgan fingerprint density at radius 1 is 1.35 bits per heavy atom. The Balaban J connectivity index is 1.51. The van der Waals surface area contributed by atoms with Crippen molar-refractivity contribution in [2.45, 2.75) is 51.2 Å². The van der Waals surface area contributed by atoms with Gasteiger partial charge in [-0.15, -0.1) is 0 Å². The van der Waals surface area contributed by atoms with Gasteiger partial charge < -0.3 is 10.2 Å². The molecule has 0 radical (unpaired) electrons. The van der Waals surface area contributed by atoms with E-state index in [0.717, 1.165) is 24.0 Å². The van der Waals surface area contributed by atoms with Gasteiger partial charge in [-0.05, 0) is 45.7 Å². The number of piperidine rings is 1. The lowest BCUT2D eigenvalue weighted by Gasteiger charge is -2.35. The molecule has 94 valence electrons. The van der Waals surface area contributed by atoms with Gasteiger partial charge in [0.2, 0.25) is 0 Å². The summed E-state index contributed by atoms with van der Waals surface area (Å²) < 4.78 is 4.71. The van der Waals surface area contributed by atoms with Crippen LogP contribution in [0.25, 0.3) is 0 Å². The molecule has 0 saturated carbocycles. The van der Waals surface area contributed by atoms with Crippen molar-refractivity contribution in [3.05, 3.63) is 11.4 Å². The zero-order valence-corrected chi connectivity index (χ0v) is 10.4. The quantitative estimate of drug-likeness (QED) is 0.851. The van der Waals surface area contributed by atoms with E-state index in [1.54, 1.807) is 0 Å². The van der Waals surface area contributed by atoms with Crippen LogP contribution in [-0.2, 0) is 6.54 Å². The Bertz CT molecular complexity index is 378. The maximum Gasteiger partial charge on any atom is 0.121 e. The van der Waals surface area contributed by atoms with E-state index in [9.17, 15) is 0 Å². The van der Waals surface area contributed by atoms with Gasteiger partial charge in [0, 0.05) is 18.6 Å². The summed E-state index contributed by atoms with van der Waals surface area (Å²) in [6, 6.07) is 1.45. The van der Waals surface area contributed by atoms with Gasteiger partial charge in [0.25, 0.3) is 0 Å². The molecule has 1 aromatic rings. The first kappa shape index (κ1) is 11.2. The summed E-state index contributed by atoms with van der Waals surface area (Å²) in [5, 5.41) is 11.3. The number of aryl methyl sites for hydroxylation is 1. The number of aromatic nitrogens is 2. The van der Waals surface area contributed by atoms with Crippen molar-refractivity contribution in [2.24, 2.45) is 0 Å². The fraction of sp³-hybridized carbons (Fsp3) is 0.833. The molecule has 3 heterocycles. The maximum absolute atomic E-state index is 4.71. The van der Waals surface area contributed by atoms with E-state index in [4.69, 9.17) is 4.63 Å². The van der Waals surface area contributed by atoms with Crippen molar-refractivity contribution in [3.63, 3.8) is 0 Å². The molecule has 2 atom stereocenters. The molecule has 0 bridgehead atoms. The van der Waals surface area contributed by atoms with Gasteiger partial charge in [0.15, 0.2) is 0 Å². The van der Waals surface area contributed by atoms with Crippen LogP contribution < -0.4 is 5.32 Å². The average Bonchev–Trinajstić information content (AvgIpc) is 2.94. The largest absolute Gasteiger partial charge is 0.308 e. The third kappa shape index (κ3) is 2.35. The van der Waals surface area contributed by atoms with Gasteiger partial charge in [-0.3, -0.25) is 0 Å². The first-order valence-corrected chi connectivity index (χ1v) is 6.58. The number of hydrogen-bond acceptors (Lipinski definition) is 5. The summed E-state index contributed by atoms with van der Waals surface area (Å²) in [4.78, 5) is 2.64. The van der Waals surface area contributed by atoms with E-state index in [-0.39, 0.29) is 0 Å². The van der Waals surface area contributed by atoms with Crippen LogP contribution in [0.5, 0.6) is 0 Å². The molecule has 2 fully saturated rings. The van der Waals surface area contributed by atoms with Crippen LogP contribution in [0.15, 0.2) is 4.63 Å². The van der Waals surface area contributed by atoms with Crippen molar-refractivity contribution in [1.82, 2.24) is 20.5 Å². The molecule has 2 aliphatic heterocycles. The molecular weight excluding hydrogens is 216 g/mol. The first-order valence-electron chi connectivity index (χ1n) is 6.58. The third-order valence-electron chi connectivity index (χ3n) is 4.13. The highest BCUT2D eigenvalue weighted by molar-refractivity contribution is 5.04. The lowest BCUT2D eigenvalue weighted by Crippen LogP contribution is -2.45. The van der Waals surface area contributed by atoms with Crippen molar-refractivity contribution < 1.29 is 4.63 Å². The standard InChI is InChI=1S/C12H20N4O/c1-9-12(15-17-14-9)8-13-10-4-6-16-5-2-3-11(16)7-10/h10-11,13H,2-8H2,1H3. The highest BCUT2D eigenvalue weighted by Gasteiger charge is 2.31. The van der Waals surface area contributed by atoms with Crippen LogP contribution in [-0.4, -0.2) is 40.4 Å². The number of fused-ring (bicyclic) bond motifs is 1. The van der Waals surface area contributed by atoms with Gasteiger partial charge in [0.1, 0.15) is 11.4 Å². The van der Waals surface area contributed by atoms with Crippen molar-refractivity contribution in [2.75, 3.05) is 13.1 Å². The zero-order chi connectivity index (χ0) is 11.7. The summed E-state index contributed by atoms with van der Waals surface area (Å²) in [6.45, 7) is 5.28. The van der Waals surface area contributed by atoms with Gasteiger partial charge in [0.05, 0.1) is 0 Å². The second-order valence-corrected chi connectivity index (χ2v) is 5.23. The highest BCUT2D eigenvalue weighted by Crippen LogP contribution is 2.26. The van der Waals surface area contributed by atoms with E-state index in [2.05, 4.69) is 20.5 Å². The normalized spacial score (nSPS) is 29.5. The van der Waals surface area contributed by atoms with Crippen LogP contribution in [0.3, 0.4) is 0 Å². The predicted molar refractivity (Wildman–Crippen MR) is 63.5 cm³/mol. The summed E-state index contributed by atoms with van der Waals surface area (Å²) in [5.41, 5.74) is 1.84. The number of rotatable bonds is 3. The topological polar surface area (TPSA) is 54.2 Å². The third-order valence-corrected chi connectivity index (χ3v) is 4.13. The maximum atomic E-state index is 4.71. The molecule has 1 N–H and O–H groups in total. The van der Waals surface area contributed by atoms with Crippen LogP contribution in [0.1, 0.15) is 37.1 Å². The monoisotopic (exact) mass is 236 g/mol. The Morgan fingerprint density at radius 2 is 2.29 bits per heavy atom. The predicted octanol–water partition coefficient (Wildman–Crippen LogP) is 1.09. The van der Waals surface area contributed by atoms with Crippen LogP contribution in [0.4, 0.5) is 0 Å². The first-order chi connectivity index (χ1) is 8.33.